The number of aromatic nitrogens is 5. The molecule has 0 bridgehead atoms. The van der Waals surface area contributed by atoms with Gasteiger partial charge in [0.25, 0.3) is 17.3 Å². The number of carbonyl (C=O) groups is 2. The molecule has 0 saturated carbocycles. The minimum absolute atomic E-state index is 0.0214. The average molecular weight is 1110 g/mol. The molecule has 2 unspecified atom stereocenters. The number of amidine groups is 1. The van der Waals surface area contributed by atoms with Crippen LogP contribution in [0.25, 0.3) is 32.5 Å². The molecule has 1 fully saturated rings. The van der Waals surface area contributed by atoms with E-state index in [4.69, 9.17) is 14.3 Å². The number of carbonyl (C=O) groups excluding carboxylic acids is 2. The number of rotatable bonds is 18. The number of aliphatic hydroxyl groups is 1. The summed E-state index contributed by atoms with van der Waals surface area (Å²) in [6.45, 7) is 11.1. The summed E-state index contributed by atoms with van der Waals surface area (Å²) < 4.78 is 68.6. The number of sulfone groups is 1. The first-order chi connectivity index (χ1) is 37.2. The first-order valence-corrected chi connectivity index (χ1v) is 28.8. The zero-order valence-electron chi connectivity index (χ0n) is 44.3. The summed E-state index contributed by atoms with van der Waals surface area (Å²) in [6, 6.07) is 13.2. The lowest BCUT2D eigenvalue weighted by Crippen LogP contribution is -2.51. The van der Waals surface area contributed by atoms with Crippen molar-refractivity contribution in [2.75, 3.05) is 37.4 Å². The van der Waals surface area contributed by atoms with E-state index in [0.29, 0.717) is 77.7 Å². The average Bonchev–Trinajstić information content (AvgIpc) is 4.42. The normalized spacial score (nSPS) is 18.8. The number of anilines is 2. The van der Waals surface area contributed by atoms with Crippen LogP contribution in [0.15, 0.2) is 86.9 Å². The zero-order chi connectivity index (χ0) is 55.4. The van der Waals surface area contributed by atoms with Gasteiger partial charge in [-0.15, -0.1) is 11.3 Å². The molecule has 410 valence electrons. The van der Waals surface area contributed by atoms with Gasteiger partial charge in [0.1, 0.15) is 23.1 Å². The molecule has 3 aliphatic heterocycles. The van der Waals surface area contributed by atoms with E-state index >= 15 is 4.39 Å². The standard InChI is InChI=1S/C55H61F2N11O8S2/c1-8-68-55(5,35-14-12-32(13-15-35)49-31(4)61-29-77-49)62-50(63-68)43-20-37(69)26-67(43)53(71)46(30(2)3)44-22-45(64-76-44)75-17-11-9-10-16-58-52(70)38-21-42-39(18-33(38)28-78(7,73)74)40-27-65(6)54(72)48-47(40)34(23-59-48)25-66(42)51-41(57)19-36(56)24-60-51/h12-15,18-19,21-24,27,29-30,37,43,46,59,69H,8-11,16-17,20,25-26,28H2,1-7H3,(H,58,70)(H,62,63)/t37-,43?,46?,55-/m1/s1. The number of hydrazine groups is 1. The largest absolute Gasteiger partial charge is 0.476 e. The Kier molecular flexibility index (Phi) is 14.9. The molecule has 1 saturated heterocycles. The van der Waals surface area contributed by atoms with Gasteiger partial charge < -0.3 is 44.5 Å². The number of aromatic amines is 1. The van der Waals surface area contributed by atoms with Crippen LogP contribution in [0, 0.1) is 24.5 Å². The molecule has 19 nitrogen and oxygen atoms in total. The fraction of sp³-hybridized carbons (Fsp3) is 0.400. The SMILES string of the molecule is CCN1NC(C2C[C@@H](O)CN2C(=O)C(c2cc(OCCCCCNC(=O)c3cc4c(cc3CS(C)(=O)=O)-c3cn(C)c(=O)c5[nH]cc(c35)CN4c3ncc(F)cc3F)no2)C(C)C)=N[C@@]1(C)c1ccc(-c2scnc2C)cc1. The number of likely N-dealkylation sites (tertiary alicyclic amines) is 1. The second-order valence-electron chi connectivity index (χ2n) is 20.7. The molecule has 23 heteroatoms. The Morgan fingerprint density at radius 1 is 1.08 bits per heavy atom. The van der Waals surface area contributed by atoms with Crippen molar-refractivity contribution in [1.82, 2.24) is 45.3 Å². The Labute approximate surface area is 453 Å². The Bertz CT molecular complexity index is 3650. The van der Waals surface area contributed by atoms with Gasteiger partial charge in [-0.2, -0.15) is 5.01 Å². The molecule has 4 N–H and O–H groups in total. The van der Waals surface area contributed by atoms with Gasteiger partial charge in [0.2, 0.25) is 5.91 Å². The predicted molar refractivity (Wildman–Crippen MR) is 292 cm³/mol. The molecular formula is C55H61F2N11O8S2. The van der Waals surface area contributed by atoms with Crippen LogP contribution in [0.2, 0.25) is 0 Å². The number of hydrogen-bond acceptors (Lipinski definition) is 16. The van der Waals surface area contributed by atoms with Crippen LogP contribution >= 0.6 is 11.3 Å². The second-order valence-corrected chi connectivity index (χ2v) is 23.7. The molecule has 2 amide bonds. The highest BCUT2D eigenvalue weighted by Gasteiger charge is 2.47. The van der Waals surface area contributed by atoms with Gasteiger partial charge in [-0.3, -0.25) is 14.4 Å². The van der Waals surface area contributed by atoms with Crippen LogP contribution in [0.4, 0.5) is 20.3 Å². The highest BCUT2D eigenvalue weighted by atomic mass is 32.2. The number of aliphatic hydroxyl groups excluding tert-OH is 1. The summed E-state index contributed by atoms with van der Waals surface area (Å²) in [5.74, 6) is -3.17. The van der Waals surface area contributed by atoms with Crippen LogP contribution in [0.1, 0.15) is 97.8 Å². The molecule has 8 heterocycles. The molecule has 0 spiro atoms. The molecule has 2 aromatic carbocycles. The summed E-state index contributed by atoms with van der Waals surface area (Å²) in [5.41, 5.74) is 9.63. The quantitative estimate of drug-likeness (QED) is 0.0606. The maximum absolute atomic E-state index is 15.6. The van der Waals surface area contributed by atoms with Crippen LogP contribution in [-0.2, 0) is 39.6 Å². The van der Waals surface area contributed by atoms with Crippen LogP contribution in [0.5, 0.6) is 5.88 Å². The van der Waals surface area contributed by atoms with Gasteiger partial charge in [-0.25, -0.2) is 32.2 Å². The van der Waals surface area contributed by atoms with E-state index in [1.165, 1.54) is 15.5 Å². The zero-order valence-corrected chi connectivity index (χ0v) is 45.9. The lowest BCUT2D eigenvalue weighted by atomic mass is 9.91. The number of unbranched alkanes of at least 4 members (excludes halogenated alkanes) is 2. The number of nitrogens with one attached hydrogen (secondary N) is 3. The van der Waals surface area contributed by atoms with Crippen molar-refractivity contribution in [2.24, 2.45) is 18.0 Å². The first-order valence-electron chi connectivity index (χ1n) is 25.9. The number of pyridine rings is 2. The number of aryl methyl sites for hydroxylation is 2. The number of thiazole rings is 1. The third kappa shape index (κ3) is 10.4. The van der Waals surface area contributed by atoms with Crippen molar-refractivity contribution in [2.45, 2.75) is 96.3 Å². The number of nitrogens with zero attached hydrogens (tertiary/aromatic N) is 8. The molecule has 7 aromatic rings. The Balaban J connectivity index is 0.786. The number of benzene rings is 2. The predicted octanol–water partition coefficient (Wildman–Crippen LogP) is 7.62. The summed E-state index contributed by atoms with van der Waals surface area (Å²) in [5, 5.41) is 20.7. The Morgan fingerprint density at radius 2 is 1.86 bits per heavy atom. The summed E-state index contributed by atoms with van der Waals surface area (Å²) in [7, 11) is -2.12. The monoisotopic (exact) mass is 1110 g/mol. The van der Waals surface area contributed by atoms with E-state index in [1.807, 2.05) is 45.1 Å². The summed E-state index contributed by atoms with van der Waals surface area (Å²) in [4.78, 5) is 62.9. The van der Waals surface area contributed by atoms with Gasteiger partial charge in [-0.05, 0) is 78.6 Å². The van der Waals surface area contributed by atoms with Gasteiger partial charge >= 0.3 is 0 Å². The van der Waals surface area contributed by atoms with Crippen molar-refractivity contribution < 1.29 is 41.2 Å². The maximum atomic E-state index is 15.6. The minimum Gasteiger partial charge on any atom is -0.476 e. The number of halogens is 2. The lowest BCUT2D eigenvalue weighted by Gasteiger charge is -2.32. The summed E-state index contributed by atoms with van der Waals surface area (Å²) in [6.07, 6.45) is 6.43. The number of ether oxygens (including phenoxy) is 1. The second kappa shape index (κ2) is 21.5. The summed E-state index contributed by atoms with van der Waals surface area (Å²) >= 11 is 1.60. The molecule has 0 aliphatic carbocycles. The van der Waals surface area contributed by atoms with E-state index < -0.39 is 56.9 Å². The van der Waals surface area contributed by atoms with Crippen molar-refractivity contribution in [3.05, 3.63) is 128 Å². The van der Waals surface area contributed by atoms with E-state index in [-0.39, 0.29) is 72.0 Å². The van der Waals surface area contributed by atoms with Crippen molar-refractivity contribution in [3.8, 4) is 27.4 Å². The molecule has 5 aromatic heterocycles. The van der Waals surface area contributed by atoms with Gasteiger partial charge in [-0.1, -0.05) is 45.0 Å². The molecular weight excluding hydrogens is 1040 g/mol. The molecule has 78 heavy (non-hydrogen) atoms. The van der Waals surface area contributed by atoms with Gasteiger partial charge in [0.05, 0.1) is 59.0 Å². The number of aliphatic imine (C=N–C) groups is 1. The smallest absolute Gasteiger partial charge is 0.274 e. The highest BCUT2D eigenvalue weighted by Crippen LogP contribution is 2.45. The fourth-order valence-corrected chi connectivity index (χ4v) is 12.5. The number of hydrogen-bond donors (Lipinski definition) is 4. The van der Waals surface area contributed by atoms with E-state index in [1.54, 1.807) is 47.8 Å². The van der Waals surface area contributed by atoms with Crippen LogP contribution < -0.4 is 25.9 Å². The minimum atomic E-state index is -3.70. The Morgan fingerprint density at radius 3 is 2.56 bits per heavy atom. The highest BCUT2D eigenvalue weighted by molar-refractivity contribution is 7.89. The number of amides is 2. The lowest BCUT2D eigenvalue weighted by molar-refractivity contribution is -0.134. The number of H-pyrrole nitrogens is 1. The maximum Gasteiger partial charge on any atom is 0.274 e. The molecule has 3 aliphatic rings. The number of fused-ring (bicyclic) bond motifs is 2. The molecule has 10 rings (SSSR count). The van der Waals surface area contributed by atoms with Gasteiger partial charge in [0.15, 0.2) is 32.9 Å². The topological polar surface area (TPSA) is 233 Å². The van der Waals surface area contributed by atoms with Crippen molar-refractivity contribution >= 4 is 61.2 Å². The van der Waals surface area contributed by atoms with Crippen molar-refractivity contribution in [1.29, 1.82) is 0 Å². The molecule has 0 radical (unpaired) electrons. The van der Waals surface area contributed by atoms with E-state index in [2.05, 4.69) is 55.1 Å². The third-order valence-electron chi connectivity index (χ3n) is 14.8. The van der Waals surface area contributed by atoms with E-state index in [9.17, 15) is 32.3 Å². The first kappa shape index (κ1) is 54.0. The van der Waals surface area contributed by atoms with Gasteiger partial charge in [0, 0.05) is 86.0 Å². The van der Waals surface area contributed by atoms with Crippen LogP contribution in [-0.4, -0.2) is 110 Å². The molecule has 4 atom stereocenters. The fourth-order valence-electron chi connectivity index (χ4n) is 10.9. The third-order valence-corrected chi connectivity index (χ3v) is 16.6. The number of β-amino-alcohol motifs (C(OH)–C–C–N with tert-alkyl or cyclic N) is 1. The van der Waals surface area contributed by atoms with Crippen molar-refractivity contribution in [3.63, 3.8) is 0 Å². The Hall–Kier alpha value is -7.34. The van der Waals surface area contributed by atoms with Crippen LogP contribution in [0.3, 0.4) is 0 Å². The van der Waals surface area contributed by atoms with E-state index in [0.717, 1.165) is 34.2 Å².